The maximum Gasteiger partial charge on any atom is 0.407 e. The predicted octanol–water partition coefficient (Wildman–Crippen LogP) is 7.22. The molecule has 2 bridgehead atoms. The zero-order valence-corrected chi connectivity index (χ0v) is 34.4. The normalized spacial score (nSPS) is 18.2. The number of likely N-dealkylation sites (N-methyl/N-ethyl adjacent to an activating group) is 1. The second-order valence-electron chi connectivity index (χ2n) is 13.7. The fourth-order valence-corrected chi connectivity index (χ4v) is 6.58. The van der Waals surface area contributed by atoms with Crippen LogP contribution >= 0.6 is 40.5 Å². The van der Waals surface area contributed by atoms with E-state index in [2.05, 4.69) is 65.5 Å². The molecule has 0 unspecified atom stereocenters. The second kappa shape index (κ2) is 21.2. The van der Waals surface area contributed by atoms with Gasteiger partial charge in [0.15, 0.2) is 0 Å². The van der Waals surface area contributed by atoms with Gasteiger partial charge < -0.3 is 34.6 Å². The standard InChI is InChI=1S/C39H47N7O5.CH4.3H2S/c1-24(2)25(3)37(47)46-19-8-10-33(46)36-40-21-31(42-36)28-15-11-26(12-16-28)27-13-17-29(18-14-27)35-32-23-51-20-7-6-9-30(43-39(49)50-5)38(48)45(4)22-34(41-32)44-35;;;;/h6-7,11-18,21,24-25,30,33H,8-10,19-20,22-23H2,1-5H3,(H,40,42)(H,41,44)(H,43,49);1H4;3*1H2/b7-6+;;;;/t25-,30-,33-;;;;/m0..../s1. The summed E-state index contributed by atoms with van der Waals surface area (Å²) in [6, 6.07) is 15.8. The molecule has 3 atom stereocenters. The van der Waals surface area contributed by atoms with Gasteiger partial charge in [0, 0.05) is 25.1 Å². The number of methoxy groups -OCH3 is 1. The number of carbonyl (C=O) groups is 3. The molecule has 2 aliphatic heterocycles. The summed E-state index contributed by atoms with van der Waals surface area (Å²) >= 11 is 0. The third-order valence-electron chi connectivity index (χ3n) is 9.89. The molecule has 4 heterocycles. The van der Waals surface area contributed by atoms with Crippen molar-refractivity contribution in [1.82, 2.24) is 35.1 Å². The summed E-state index contributed by atoms with van der Waals surface area (Å²) in [5, 5.41) is 2.61. The zero-order chi connectivity index (χ0) is 36.1. The molecule has 0 radical (unpaired) electrons. The van der Waals surface area contributed by atoms with Crippen LogP contribution in [-0.4, -0.2) is 81.0 Å². The van der Waals surface area contributed by atoms with Gasteiger partial charge in [0.2, 0.25) is 11.8 Å². The molecule has 1 fully saturated rings. The third-order valence-corrected chi connectivity index (χ3v) is 9.89. The molecule has 12 nitrogen and oxygen atoms in total. The van der Waals surface area contributed by atoms with Gasteiger partial charge in [-0.2, -0.15) is 40.5 Å². The largest absolute Gasteiger partial charge is 0.453 e. The van der Waals surface area contributed by atoms with Gasteiger partial charge in [-0.3, -0.25) is 9.59 Å². The molecule has 6 rings (SSSR count). The average molecular weight is 812 g/mol. The van der Waals surface area contributed by atoms with Crippen LogP contribution in [0, 0.1) is 11.8 Å². The molecular formula is C40H57N7O5S3. The van der Waals surface area contributed by atoms with Crippen LogP contribution in [0.5, 0.6) is 0 Å². The lowest BCUT2D eigenvalue weighted by molar-refractivity contribution is -0.137. The monoisotopic (exact) mass is 811 g/mol. The van der Waals surface area contributed by atoms with E-state index in [0.717, 1.165) is 64.5 Å². The molecule has 300 valence electrons. The summed E-state index contributed by atoms with van der Waals surface area (Å²) in [6.07, 6.45) is 7.06. The number of H-pyrrole nitrogens is 2. The number of hydrogen-bond donors (Lipinski definition) is 3. The van der Waals surface area contributed by atoms with Gasteiger partial charge in [0.1, 0.15) is 17.7 Å². The van der Waals surface area contributed by atoms with E-state index < -0.39 is 12.1 Å². The van der Waals surface area contributed by atoms with Crippen molar-refractivity contribution in [2.24, 2.45) is 11.8 Å². The first-order chi connectivity index (χ1) is 24.6. The Morgan fingerprint density at radius 3 is 2.22 bits per heavy atom. The smallest absolute Gasteiger partial charge is 0.407 e. The number of likely N-dealkylation sites (tertiary alicyclic amines) is 1. The predicted molar refractivity (Wildman–Crippen MR) is 232 cm³/mol. The van der Waals surface area contributed by atoms with E-state index in [-0.39, 0.29) is 78.2 Å². The molecule has 0 aliphatic carbocycles. The van der Waals surface area contributed by atoms with Crippen LogP contribution in [0.1, 0.15) is 70.8 Å². The average Bonchev–Trinajstić information content (AvgIpc) is 3.92. The minimum absolute atomic E-state index is 0. The molecule has 2 aliphatic rings. The minimum atomic E-state index is -0.773. The fourth-order valence-electron chi connectivity index (χ4n) is 6.58. The number of fused-ring (bicyclic) bond motifs is 2. The number of alkyl carbamates (subject to hydrolysis) is 1. The van der Waals surface area contributed by atoms with Gasteiger partial charge in [-0.15, -0.1) is 0 Å². The lowest BCUT2D eigenvalue weighted by atomic mass is 9.96. The number of nitrogens with one attached hydrogen (secondary N) is 3. The number of imidazole rings is 2. The van der Waals surface area contributed by atoms with Crippen LogP contribution in [0.2, 0.25) is 0 Å². The highest BCUT2D eigenvalue weighted by Gasteiger charge is 2.35. The molecular weight excluding hydrogens is 755 g/mol. The number of aromatic nitrogens is 4. The van der Waals surface area contributed by atoms with Crippen LogP contribution in [0.4, 0.5) is 4.79 Å². The van der Waals surface area contributed by atoms with Gasteiger partial charge in [-0.25, -0.2) is 14.8 Å². The van der Waals surface area contributed by atoms with Gasteiger partial charge >= 0.3 is 6.09 Å². The Morgan fingerprint density at radius 2 is 1.58 bits per heavy atom. The quantitative estimate of drug-likeness (QED) is 0.167. The molecule has 15 heteroatoms. The third kappa shape index (κ3) is 11.0. The van der Waals surface area contributed by atoms with E-state index in [9.17, 15) is 14.4 Å². The molecule has 0 spiro atoms. The molecule has 2 aromatic carbocycles. The first-order valence-corrected chi connectivity index (χ1v) is 17.6. The number of hydrogen-bond acceptors (Lipinski definition) is 7. The number of rotatable bonds is 7. The molecule has 3 amide bonds. The summed E-state index contributed by atoms with van der Waals surface area (Å²) in [7, 11) is 2.95. The molecule has 0 saturated carbocycles. The number of amides is 3. The van der Waals surface area contributed by atoms with Crippen molar-refractivity contribution < 1.29 is 23.9 Å². The molecule has 55 heavy (non-hydrogen) atoms. The van der Waals surface area contributed by atoms with E-state index in [1.54, 1.807) is 7.05 Å². The summed E-state index contributed by atoms with van der Waals surface area (Å²) in [6.45, 7) is 7.86. The lowest BCUT2D eigenvalue weighted by Crippen LogP contribution is -2.47. The van der Waals surface area contributed by atoms with Crippen LogP contribution in [0.15, 0.2) is 66.9 Å². The zero-order valence-electron chi connectivity index (χ0n) is 31.4. The number of carbonyl (C=O) groups excluding carboxylic acids is 3. The number of benzene rings is 2. The summed E-state index contributed by atoms with van der Waals surface area (Å²) < 4.78 is 10.6. The minimum Gasteiger partial charge on any atom is -0.453 e. The Labute approximate surface area is 345 Å². The van der Waals surface area contributed by atoms with Gasteiger partial charge in [0.05, 0.1) is 56.2 Å². The van der Waals surface area contributed by atoms with Crippen LogP contribution in [0.3, 0.4) is 0 Å². The van der Waals surface area contributed by atoms with Crippen LogP contribution < -0.4 is 5.32 Å². The van der Waals surface area contributed by atoms with Gasteiger partial charge in [0.25, 0.3) is 0 Å². The van der Waals surface area contributed by atoms with Crippen molar-refractivity contribution in [1.29, 1.82) is 0 Å². The number of ether oxygens (including phenoxy) is 2. The first kappa shape index (κ1) is 47.0. The van der Waals surface area contributed by atoms with E-state index in [1.165, 1.54) is 12.0 Å². The molecule has 4 aromatic rings. The highest BCUT2D eigenvalue weighted by molar-refractivity contribution is 7.59. The topological polar surface area (TPSA) is 146 Å². The van der Waals surface area contributed by atoms with Crippen molar-refractivity contribution in [2.75, 3.05) is 27.3 Å². The summed E-state index contributed by atoms with van der Waals surface area (Å²) in [4.78, 5) is 58.2. The van der Waals surface area contributed by atoms with Crippen molar-refractivity contribution in [2.45, 2.75) is 72.7 Å². The van der Waals surface area contributed by atoms with Crippen molar-refractivity contribution in [3.63, 3.8) is 0 Å². The second-order valence-corrected chi connectivity index (χ2v) is 13.7. The van der Waals surface area contributed by atoms with Crippen molar-refractivity contribution in [3.8, 4) is 33.6 Å². The maximum absolute atomic E-state index is 13.2. The molecule has 3 N–H and O–H groups in total. The van der Waals surface area contributed by atoms with Crippen molar-refractivity contribution in [3.05, 3.63) is 84.2 Å². The number of nitrogens with zero attached hydrogens (tertiary/aromatic N) is 4. The first-order valence-electron chi connectivity index (χ1n) is 17.6. The van der Waals surface area contributed by atoms with Gasteiger partial charge in [-0.05, 0) is 41.9 Å². The summed E-state index contributed by atoms with van der Waals surface area (Å²) in [5.74, 6) is 1.69. The molecule has 2 aromatic heterocycles. The van der Waals surface area contributed by atoms with E-state index >= 15 is 0 Å². The fraction of sp³-hybridized carbons (Fsp3) is 0.425. The van der Waals surface area contributed by atoms with Crippen LogP contribution in [-0.2, 0) is 32.2 Å². The SMILES string of the molecule is C.COC(=O)N[C@H]1C/C=C/COCc2[nH]c(nc2-c2ccc(-c3ccc(-c4cnc([C@@H]5CCCN5C(=O)[C@@H](C)C(C)C)[nH]4)cc3)cc2)CN(C)C1=O.S.S.S. The Balaban J connectivity index is 0.00000261. The van der Waals surface area contributed by atoms with E-state index in [0.29, 0.717) is 31.4 Å². The van der Waals surface area contributed by atoms with E-state index in [4.69, 9.17) is 19.4 Å². The Hall–Kier alpha value is -4.18. The highest BCUT2D eigenvalue weighted by Crippen LogP contribution is 2.34. The Kier molecular flexibility index (Phi) is 18.1. The Morgan fingerprint density at radius 1 is 0.945 bits per heavy atom. The van der Waals surface area contributed by atoms with Gasteiger partial charge in [-0.1, -0.05) is 88.9 Å². The van der Waals surface area contributed by atoms with Crippen molar-refractivity contribution >= 4 is 58.4 Å². The molecule has 1 saturated heterocycles. The van der Waals surface area contributed by atoms with E-state index in [1.807, 2.05) is 42.3 Å². The highest BCUT2D eigenvalue weighted by atomic mass is 32.1. The lowest BCUT2D eigenvalue weighted by Gasteiger charge is -2.27. The van der Waals surface area contributed by atoms with Crippen LogP contribution in [0.25, 0.3) is 33.6 Å². The summed E-state index contributed by atoms with van der Waals surface area (Å²) in [5.41, 5.74) is 6.59. The maximum atomic E-state index is 13.2. The Bertz CT molecular complexity index is 1880. The number of aromatic amines is 2.